The summed E-state index contributed by atoms with van der Waals surface area (Å²) in [4.78, 5) is 12.1. The van der Waals surface area contributed by atoms with Gasteiger partial charge in [0.25, 0.3) is 0 Å². The molecular formula is C12H16O2. The maximum Gasteiger partial charge on any atom is 0.146 e. The minimum absolute atomic E-state index is 0.134. The van der Waals surface area contributed by atoms with Crippen LogP contribution in [0.5, 0.6) is 0 Å². The molecule has 14 heavy (non-hydrogen) atoms. The second-order valence-electron chi connectivity index (χ2n) is 4.77. The summed E-state index contributed by atoms with van der Waals surface area (Å²) in [5.74, 6) is 1.49. The first-order chi connectivity index (χ1) is 6.86. The second-order valence-corrected chi connectivity index (χ2v) is 4.77. The summed E-state index contributed by atoms with van der Waals surface area (Å²) < 4.78 is 5.38. The Morgan fingerprint density at radius 1 is 1.29 bits per heavy atom. The van der Waals surface area contributed by atoms with E-state index in [1.165, 1.54) is 24.8 Å². The minimum Gasteiger partial charge on any atom is -0.376 e. The van der Waals surface area contributed by atoms with E-state index < -0.39 is 0 Å². The number of fused-ring (bicyclic) bond motifs is 2. The molecule has 2 heteroatoms. The Balaban J connectivity index is 1.93. The van der Waals surface area contributed by atoms with Crippen molar-refractivity contribution in [3.05, 3.63) is 11.6 Å². The SMILES string of the molecule is O=C1C2COCC2=CC2CCCCC12. The summed E-state index contributed by atoms with van der Waals surface area (Å²) in [5.41, 5.74) is 1.28. The zero-order chi connectivity index (χ0) is 9.54. The first-order valence-corrected chi connectivity index (χ1v) is 5.68. The van der Waals surface area contributed by atoms with E-state index in [4.69, 9.17) is 4.74 Å². The highest BCUT2D eigenvalue weighted by Crippen LogP contribution is 2.41. The normalized spacial score (nSPS) is 41.6. The van der Waals surface area contributed by atoms with Gasteiger partial charge in [-0.15, -0.1) is 0 Å². The fourth-order valence-electron chi connectivity index (χ4n) is 3.18. The number of hydrogen-bond donors (Lipinski definition) is 0. The van der Waals surface area contributed by atoms with Crippen molar-refractivity contribution in [2.45, 2.75) is 25.7 Å². The van der Waals surface area contributed by atoms with Crippen molar-refractivity contribution in [3.8, 4) is 0 Å². The molecule has 1 heterocycles. The van der Waals surface area contributed by atoms with Gasteiger partial charge in [-0.25, -0.2) is 0 Å². The Hall–Kier alpha value is -0.630. The third-order valence-electron chi connectivity index (χ3n) is 3.96. The number of carbonyl (C=O) groups is 1. The van der Waals surface area contributed by atoms with Crippen LogP contribution >= 0.6 is 0 Å². The third-order valence-corrected chi connectivity index (χ3v) is 3.96. The molecule has 2 aliphatic carbocycles. The highest BCUT2D eigenvalue weighted by molar-refractivity contribution is 5.88. The Morgan fingerprint density at radius 2 is 2.14 bits per heavy atom. The number of ether oxygens (including phenoxy) is 1. The van der Waals surface area contributed by atoms with Crippen LogP contribution in [0.25, 0.3) is 0 Å². The number of Topliss-reactive ketones (excluding diaryl/α,β-unsaturated/α-hetero) is 1. The van der Waals surface area contributed by atoms with Crippen molar-refractivity contribution in [2.75, 3.05) is 13.2 Å². The molecule has 3 aliphatic rings. The van der Waals surface area contributed by atoms with Gasteiger partial charge in [0, 0.05) is 5.92 Å². The molecule has 0 N–H and O–H groups in total. The van der Waals surface area contributed by atoms with Crippen LogP contribution in [0.15, 0.2) is 11.6 Å². The van der Waals surface area contributed by atoms with Gasteiger partial charge in [-0.2, -0.15) is 0 Å². The second kappa shape index (κ2) is 3.20. The first-order valence-electron chi connectivity index (χ1n) is 5.68. The standard InChI is InChI=1S/C12H16O2/c13-12-10-4-2-1-3-8(10)5-9-6-14-7-11(9)12/h5,8,10-11H,1-4,6-7H2. The topological polar surface area (TPSA) is 26.3 Å². The van der Waals surface area contributed by atoms with E-state index in [0.29, 0.717) is 30.8 Å². The lowest BCUT2D eigenvalue weighted by Gasteiger charge is -2.34. The predicted octanol–water partition coefficient (Wildman–Crippen LogP) is 1.95. The Labute approximate surface area is 84.3 Å². The van der Waals surface area contributed by atoms with Gasteiger partial charge in [0.15, 0.2) is 0 Å². The molecule has 0 spiro atoms. The lowest BCUT2D eigenvalue weighted by molar-refractivity contribution is -0.128. The Kier molecular flexibility index (Phi) is 1.98. The third kappa shape index (κ3) is 1.17. The molecule has 0 radical (unpaired) electrons. The first kappa shape index (κ1) is 8.66. The molecule has 0 amide bonds. The van der Waals surface area contributed by atoms with Gasteiger partial charge in [-0.1, -0.05) is 18.9 Å². The van der Waals surface area contributed by atoms with Gasteiger partial charge in [-0.3, -0.25) is 4.79 Å². The highest BCUT2D eigenvalue weighted by atomic mass is 16.5. The molecule has 3 rings (SSSR count). The number of hydrogen-bond acceptors (Lipinski definition) is 2. The van der Waals surface area contributed by atoms with Crippen molar-refractivity contribution in [2.24, 2.45) is 17.8 Å². The zero-order valence-electron chi connectivity index (χ0n) is 8.37. The fourth-order valence-corrected chi connectivity index (χ4v) is 3.18. The zero-order valence-corrected chi connectivity index (χ0v) is 8.37. The van der Waals surface area contributed by atoms with Crippen molar-refractivity contribution in [1.82, 2.24) is 0 Å². The number of ketones is 1. The van der Waals surface area contributed by atoms with Crippen LogP contribution in [-0.4, -0.2) is 19.0 Å². The molecule has 0 aromatic heterocycles. The van der Waals surface area contributed by atoms with Crippen LogP contribution in [0, 0.1) is 17.8 Å². The van der Waals surface area contributed by atoms with Gasteiger partial charge >= 0.3 is 0 Å². The predicted molar refractivity (Wildman–Crippen MR) is 52.8 cm³/mol. The van der Waals surface area contributed by atoms with Crippen LogP contribution in [-0.2, 0) is 9.53 Å². The average molecular weight is 192 g/mol. The van der Waals surface area contributed by atoms with Gasteiger partial charge < -0.3 is 4.74 Å². The molecule has 0 aromatic rings. The summed E-state index contributed by atoms with van der Waals surface area (Å²) in [6.45, 7) is 1.35. The fraction of sp³-hybridized carbons (Fsp3) is 0.750. The molecule has 3 atom stereocenters. The molecule has 2 fully saturated rings. The minimum atomic E-state index is 0.134. The van der Waals surface area contributed by atoms with E-state index in [1.807, 2.05) is 0 Å². The van der Waals surface area contributed by atoms with Gasteiger partial charge in [0.05, 0.1) is 19.1 Å². The summed E-state index contributed by atoms with van der Waals surface area (Å²) >= 11 is 0. The molecule has 0 aromatic carbocycles. The summed E-state index contributed by atoms with van der Waals surface area (Å²) in [7, 11) is 0. The van der Waals surface area contributed by atoms with Crippen molar-refractivity contribution in [3.63, 3.8) is 0 Å². The van der Waals surface area contributed by atoms with Crippen LogP contribution in [0.3, 0.4) is 0 Å². The van der Waals surface area contributed by atoms with E-state index >= 15 is 0 Å². The van der Waals surface area contributed by atoms with Crippen LogP contribution < -0.4 is 0 Å². The maximum absolute atomic E-state index is 12.1. The van der Waals surface area contributed by atoms with Gasteiger partial charge in [-0.05, 0) is 24.3 Å². The summed E-state index contributed by atoms with van der Waals surface area (Å²) in [6.07, 6.45) is 7.21. The van der Waals surface area contributed by atoms with Crippen LogP contribution in [0.1, 0.15) is 25.7 Å². The number of allylic oxidation sites excluding steroid dienone is 1. The molecule has 76 valence electrons. The molecule has 1 aliphatic heterocycles. The number of carbonyl (C=O) groups excluding carboxylic acids is 1. The largest absolute Gasteiger partial charge is 0.376 e. The smallest absolute Gasteiger partial charge is 0.146 e. The monoisotopic (exact) mass is 192 g/mol. The number of rotatable bonds is 0. The van der Waals surface area contributed by atoms with Crippen molar-refractivity contribution >= 4 is 5.78 Å². The van der Waals surface area contributed by atoms with E-state index in [9.17, 15) is 4.79 Å². The van der Waals surface area contributed by atoms with Gasteiger partial charge in [0.1, 0.15) is 5.78 Å². The van der Waals surface area contributed by atoms with E-state index in [0.717, 1.165) is 6.42 Å². The molecule has 0 bridgehead atoms. The maximum atomic E-state index is 12.1. The molecule has 1 saturated carbocycles. The lowest BCUT2D eigenvalue weighted by Crippen LogP contribution is -2.36. The Bertz CT molecular complexity index is 293. The van der Waals surface area contributed by atoms with Crippen LogP contribution in [0.4, 0.5) is 0 Å². The summed E-state index contributed by atoms with van der Waals surface area (Å²) in [6, 6.07) is 0. The van der Waals surface area contributed by atoms with Crippen LogP contribution in [0.2, 0.25) is 0 Å². The summed E-state index contributed by atoms with van der Waals surface area (Å²) in [5, 5.41) is 0. The Morgan fingerprint density at radius 3 is 3.07 bits per heavy atom. The highest BCUT2D eigenvalue weighted by Gasteiger charge is 2.41. The van der Waals surface area contributed by atoms with Crippen molar-refractivity contribution < 1.29 is 9.53 Å². The molecule has 1 saturated heterocycles. The molecular weight excluding hydrogens is 176 g/mol. The van der Waals surface area contributed by atoms with E-state index in [1.54, 1.807) is 0 Å². The molecule has 2 nitrogen and oxygen atoms in total. The van der Waals surface area contributed by atoms with E-state index in [-0.39, 0.29) is 5.92 Å². The lowest BCUT2D eigenvalue weighted by atomic mass is 9.68. The quantitative estimate of drug-likeness (QED) is 0.548. The molecule has 3 unspecified atom stereocenters. The van der Waals surface area contributed by atoms with Gasteiger partial charge in [0.2, 0.25) is 0 Å². The van der Waals surface area contributed by atoms with Crippen molar-refractivity contribution in [1.29, 1.82) is 0 Å². The average Bonchev–Trinajstić information content (AvgIpc) is 2.66. The van der Waals surface area contributed by atoms with E-state index in [2.05, 4.69) is 6.08 Å².